The van der Waals surface area contributed by atoms with Crippen molar-refractivity contribution in [3.05, 3.63) is 11.8 Å². The lowest BCUT2D eigenvalue weighted by Crippen LogP contribution is -2.38. The number of alkyl halides is 3. The summed E-state index contributed by atoms with van der Waals surface area (Å²) in [7, 11) is 1.53. The third-order valence-electron chi connectivity index (χ3n) is 4.83. The maximum atomic E-state index is 13.4. The second-order valence-electron chi connectivity index (χ2n) is 6.73. The lowest BCUT2D eigenvalue weighted by Gasteiger charge is -2.31. The summed E-state index contributed by atoms with van der Waals surface area (Å²) in [6.07, 6.45) is -2.61. The zero-order valence-electron chi connectivity index (χ0n) is 14.3. The number of ether oxygens (including phenoxy) is 1. The monoisotopic (exact) mass is 360 g/mol. The quantitative estimate of drug-likeness (QED) is 0.897. The average molecular weight is 360 g/mol. The first-order chi connectivity index (χ1) is 11.8. The van der Waals surface area contributed by atoms with Crippen LogP contribution in [0.2, 0.25) is 0 Å². The maximum absolute atomic E-state index is 13.4. The number of methoxy groups -OCH3 is 1. The normalized spacial score (nSPS) is 26.4. The molecule has 0 radical (unpaired) electrons. The highest BCUT2D eigenvalue weighted by Gasteiger charge is 2.46. The fourth-order valence-electron chi connectivity index (χ4n) is 3.65. The first-order valence-corrected chi connectivity index (χ1v) is 8.52. The van der Waals surface area contributed by atoms with Crippen molar-refractivity contribution in [1.29, 1.82) is 0 Å². The van der Waals surface area contributed by atoms with Gasteiger partial charge in [-0.05, 0) is 26.2 Å². The number of halogens is 3. The highest BCUT2D eigenvalue weighted by atomic mass is 19.4. The van der Waals surface area contributed by atoms with Gasteiger partial charge in [-0.2, -0.15) is 18.3 Å². The molecule has 2 aliphatic rings. The van der Waals surface area contributed by atoms with E-state index in [0.29, 0.717) is 31.1 Å². The van der Waals surface area contributed by atoms with Crippen LogP contribution in [0.3, 0.4) is 0 Å². The highest BCUT2D eigenvalue weighted by molar-refractivity contribution is 5.77. The predicted molar refractivity (Wildman–Crippen MR) is 85.2 cm³/mol. The van der Waals surface area contributed by atoms with Crippen LogP contribution in [0.1, 0.15) is 50.4 Å². The maximum Gasteiger partial charge on any atom is 0.410 e. The van der Waals surface area contributed by atoms with Crippen molar-refractivity contribution in [3.8, 4) is 0 Å². The van der Waals surface area contributed by atoms with Gasteiger partial charge in [0.05, 0.1) is 24.8 Å². The van der Waals surface area contributed by atoms with Gasteiger partial charge in [0, 0.05) is 25.8 Å². The van der Waals surface area contributed by atoms with Crippen molar-refractivity contribution in [2.45, 2.75) is 56.9 Å². The molecule has 3 atom stereocenters. The Balaban J connectivity index is 1.85. The van der Waals surface area contributed by atoms with Crippen LogP contribution in [0.15, 0.2) is 6.07 Å². The molecule has 1 aromatic heterocycles. The number of carbonyl (C=O) groups is 1. The van der Waals surface area contributed by atoms with Gasteiger partial charge in [-0.3, -0.25) is 4.79 Å². The molecule has 1 N–H and O–H groups in total. The van der Waals surface area contributed by atoms with Gasteiger partial charge >= 0.3 is 6.18 Å². The number of amides is 1. The van der Waals surface area contributed by atoms with Crippen molar-refractivity contribution in [2.75, 3.05) is 25.6 Å². The van der Waals surface area contributed by atoms with Gasteiger partial charge in [0.1, 0.15) is 5.82 Å². The molecule has 9 heteroatoms. The Labute approximate surface area is 144 Å². The van der Waals surface area contributed by atoms with Crippen molar-refractivity contribution in [3.63, 3.8) is 0 Å². The molecule has 1 aromatic rings. The van der Waals surface area contributed by atoms with Crippen LogP contribution >= 0.6 is 0 Å². The summed E-state index contributed by atoms with van der Waals surface area (Å²) in [5.74, 6) is 0.316. The fraction of sp³-hybridized carbons (Fsp3) is 0.750. The van der Waals surface area contributed by atoms with E-state index in [2.05, 4.69) is 10.4 Å². The van der Waals surface area contributed by atoms with Crippen molar-refractivity contribution in [2.24, 2.45) is 0 Å². The second kappa shape index (κ2) is 6.86. The molecular weight excluding hydrogens is 337 g/mol. The molecule has 1 fully saturated rings. The van der Waals surface area contributed by atoms with Crippen LogP contribution in [-0.4, -0.2) is 53.1 Å². The molecule has 3 heterocycles. The first-order valence-electron chi connectivity index (χ1n) is 8.52. The lowest BCUT2D eigenvalue weighted by molar-refractivity contribution is -0.173. The number of hydrogen-bond acceptors (Lipinski definition) is 4. The van der Waals surface area contributed by atoms with Gasteiger partial charge in [0.15, 0.2) is 6.04 Å². The minimum atomic E-state index is -4.35. The van der Waals surface area contributed by atoms with Gasteiger partial charge in [-0.15, -0.1) is 0 Å². The second-order valence-corrected chi connectivity index (χ2v) is 6.73. The number of nitrogens with one attached hydrogen (secondary N) is 1. The molecular formula is C16H23F3N4O2. The van der Waals surface area contributed by atoms with Crippen LogP contribution < -0.4 is 5.32 Å². The average Bonchev–Trinajstić information content (AvgIpc) is 3.16. The molecule has 0 unspecified atom stereocenters. The molecule has 0 saturated carbocycles. The van der Waals surface area contributed by atoms with Gasteiger partial charge in [0.25, 0.3) is 0 Å². The Morgan fingerprint density at radius 2 is 2.24 bits per heavy atom. The Kier molecular flexibility index (Phi) is 4.95. The van der Waals surface area contributed by atoms with E-state index in [0.717, 1.165) is 11.1 Å². The molecule has 25 heavy (non-hydrogen) atoms. The molecule has 0 aromatic carbocycles. The zero-order valence-corrected chi connectivity index (χ0v) is 14.3. The fourth-order valence-corrected chi connectivity index (χ4v) is 3.65. The Morgan fingerprint density at radius 3 is 2.92 bits per heavy atom. The van der Waals surface area contributed by atoms with Gasteiger partial charge < -0.3 is 15.0 Å². The van der Waals surface area contributed by atoms with E-state index >= 15 is 0 Å². The minimum absolute atomic E-state index is 0.0518. The molecule has 0 bridgehead atoms. The smallest absolute Gasteiger partial charge is 0.384 e. The summed E-state index contributed by atoms with van der Waals surface area (Å²) < 4.78 is 46.0. The number of anilines is 1. The third-order valence-corrected chi connectivity index (χ3v) is 4.83. The van der Waals surface area contributed by atoms with E-state index in [1.807, 2.05) is 0 Å². The molecule has 0 aliphatic carbocycles. The van der Waals surface area contributed by atoms with Crippen LogP contribution in [-0.2, 0) is 9.53 Å². The van der Waals surface area contributed by atoms with E-state index in [1.165, 1.54) is 7.11 Å². The van der Waals surface area contributed by atoms with Gasteiger partial charge in [0.2, 0.25) is 5.91 Å². The number of nitrogens with zero attached hydrogens (tertiary/aromatic N) is 3. The lowest BCUT2D eigenvalue weighted by atomic mass is 10.1. The summed E-state index contributed by atoms with van der Waals surface area (Å²) in [5.41, 5.74) is 0.522. The summed E-state index contributed by atoms with van der Waals surface area (Å²) in [6, 6.07) is -0.534. The number of fused-ring (bicyclic) bond motifs is 1. The summed E-state index contributed by atoms with van der Waals surface area (Å²) >= 11 is 0. The Morgan fingerprint density at radius 1 is 1.48 bits per heavy atom. The molecule has 1 amide bonds. The Bertz CT molecular complexity index is 631. The van der Waals surface area contributed by atoms with E-state index in [4.69, 9.17) is 4.74 Å². The predicted octanol–water partition coefficient (Wildman–Crippen LogP) is 2.89. The number of likely N-dealkylation sites (tertiary alicyclic amines) is 1. The number of hydrogen-bond donors (Lipinski definition) is 1. The van der Waals surface area contributed by atoms with E-state index < -0.39 is 12.2 Å². The largest absolute Gasteiger partial charge is 0.410 e. The van der Waals surface area contributed by atoms with E-state index in [9.17, 15) is 18.0 Å². The summed E-state index contributed by atoms with van der Waals surface area (Å²) in [6.45, 7) is 2.66. The van der Waals surface area contributed by atoms with Crippen molar-refractivity contribution < 1.29 is 22.7 Å². The van der Waals surface area contributed by atoms with E-state index in [-0.39, 0.29) is 30.8 Å². The molecule has 2 aliphatic heterocycles. The standard InChI is InChI=1S/C16H23F3N4O2/c1-10-8-13(16(17,18)19)23-14(20-10)9-11(21-23)12-4-3-6-22(12)15(24)5-7-25-2/h9-10,12-13,20H,3-8H2,1-2H3/t10-,12+,13-/m1/s1. The number of carbonyl (C=O) groups excluding carboxylic acids is 1. The highest BCUT2D eigenvalue weighted by Crippen LogP contribution is 2.41. The third kappa shape index (κ3) is 3.61. The van der Waals surface area contributed by atoms with Gasteiger partial charge in [-0.1, -0.05) is 0 Å². The SMILES string of the molecule is COCCC(=O)N1CCC[C@H]1c1cc2n(n1)[C@@H](C(F)(F)F)C[C@@H](C)N2. The molecule has 6 nitrogen and oxygen atoms in total. The first kappa shape index (κ1) is 18.0. The molecule has 3 rings (SSSR count). The minimum Gasteiger partial charge on any atom is -0.384 e. The molecule has 0 spiro atoms. The molecule has 140 valence electrons. The van der Waals surface area contributed by atoms with Crippen molar-refractivity contribution >= 4 is 11.7 Å². The zero-order chi connectivity index (χ0) is 18.2. The van der Waals surface area contributed by atoms with E-state index in [1.54, 1.807) is 17.9 Å². The van der Waals surface area contributed by atoms with Crippen LogP contribution in [0.25, 0.3) is 0 Å². The summed E-state index contributed by atoms with van der Waals surface area (Å²) in [4.78, 5) is 14.0. The number of rotatable bonds is 4. The topological polar surface area (TPSA) is 59.4 Å². The van der Waals surface area contributed by atoms with Crippen molar-refractivity contribution in [1.82, 2.24) is 14.7 Å². The van der Waals surface area contributed by atoms with Gasteiger partial charge in [-0.25, -0.2) is 4.68 Å². The Hall–Kier alpha value is -1.77. The summed E-state index contributed by atoms with van der Waals surface area (Å²) in [5, 5.41) is 7.30. The molecule has 1 saturated heterocycles. The van der Waals surface area contributed by atoms with Crippen LogP contribution in [0.4, 0.5) is 19.0 Å². The van der Waals surface area contributed by atoms with Crippen LogP contribution in [0.5, 0.6) is 0 Å². The van der Waals surface area contributed by atoms with Crippen LogP contribution in [0, 0.1) is 0 Å². The number of aromatic nitrogens is 2.